The molecule has 0 saturated carbocycles. The van der Waals surface area contributed by atoms with Crippen LogP contribution in [0, 0.1) is 0 Å². The highest BCUT2D eigenvalue weighted by atomic mass is 15.2. The summed E-state index contributed by atoms with van der Waals surface area (Å²) in [7, 11) is 3.99. The fourth-order valence-corrected chi connectivity index (χ4v) is 2.18. The van der Waals surface area contributed by atoms with Gasteiger partial charge in [0.25, 0.3) is 0 Å². The van der Waals surface area contributed by atoms with E-state index >= 15 is 0 Å². The standard InChI is InChI=1S/C14H15N5/c1-18(8-11-6-4-3-5-7-11)14-12-13(15-9-16-14)17-10-19(12)2/h3-7,9-10H,8H2,1-2H3. The third-order valence-corrected chi connectivity index (χ3v) is 3.11. The van der Waals surface area contributed by atoms with E-state index in [0.717, 1.165) is 23.5 Å². The Hall–Kier alpha value is -2.43. The Kier molecular flexibility index (Phi) is 2.87. The lowest BCUT2D eigenvalue weighted by molar-refractivity contribution is 0.881. The van der Waals surface area contributed by atoms with Crippen molar-refractivity contribution >= 4 is 17.0 Å². The maximum absolute atomic E-state index is 4.39. The van der Waals surface area contributed by atoms with Gasteiger partial charge in [-0.3, -0.25) is 0 Å². The summed E-state index contributed by atoms with van der Waals surface area (Å²) in [5.74, 6) is 0.897. The minimum Gasteiger partial charge on any atom is -0.353 e. The van der Waals surface area contributed by atoms with Gasteiger partial charge in [-0.1, -0.05) is 30.3 Å². The molecule has 96 valence electrons. The van der Waals surface area contributed by atoms with Crippen LogP contribution in [0.25, 0.3) is 11.2 Å². The van der Waals surface area contributed by atoms with Gasteiger partial charge in [0.05, 0.1) is 6.33 Å². The molecule has 0 spiro atoms. The molecule has 0 amide bonds. The van der Waals surface area contributed by atoms with Crippen molar-refractivity contribution in [3.8, 4) is 0 Å². The number of nitrogens with zero attached hydrogens (tertiary/aromatic N) is 5. The molecule has 5 nitrogen and oxygen atoms in total. The molecule has 1 aromatic carbocycles. The van der Waals surface area contributed by atoms with E-state index in [1.165, 1.54) is 5.56 Å². The van der Waals surface area contributed by atoms with E-state index in [-0.39, 0.29) is 0 Å². The van der Waals surface area contributed by atoms with Crippen LogP contribution < -0.4 is 4.90 Å². The Morgan fingerprint density at radius 2 is 1.89 bits per heavy atom. The predicted octanol–water partition coefficient (Wildman–Crippen LogP) is 2.00. The van der Waals surface area contributed by atoms with E-state index in [0.29, 0.717) is 0 Å². The van der Waals surface area contributed by atoms with E-state index in [1.807, 2.05) is 36.9 Å². The quantitative estimate of drug-likeness (QED) is 0.716. The molecule has 0 fully saturated rings. The van der Waals surface area contributed by atoms with Crippen molar-refractivity contribution in [2.45, 2.75) is 6.54 Å². The zero-order chi connectivity index (χ0) is 13.2. The fraction of sp³-hybridized carbons (Fsp3) is 0.214. The lowest BCUT2D eigenvalue weighted by atomic mass is 10.2. The Morgan fingerprint density at radius 1 is 1.11 bits per heavy atom. The number of benzene rings is 1. The number of aryl methyl sites for hydroxylation is 1. The summed E-state index contributed by atoms with van der Waals surface area (Å²) in [5, 5.41) is 0. The van der Waals surface area contributed by atoms with Gasteiger partial charge in [-0.25, -0.2) is 15.0 Å². The minimum atomic E-state index is 0.729. The van der Waals surface area contributed by atoms with Crippen molar-refractivity contribution < 1.29 is 0 Å². The third kappa shape index (κ3) is 2.14. The van der Waals surface area contributed by atoms with Crippen LogP contribution in [0.3, 0.4) is 0 Å². The SMILES string of the molecule is CN(Cc1ccccc1)c1ncnc2ncn(C)c12. The van der Waals surface area contributed by atoms with Crippen molar-refractivity contribution in [3.63, 3.8) is 0 Å². The predicted molar refractivity (Wildman–Crippen MR) is 74.9 cm³/mol. The molecule has 0 atom stereocenters. The van der Waals surface area contributed by atoms with Crippen molar-refractivity contribution in [1.82, 2.24) is 19.5 Å². The second-order valence-corrected chi connectivity index (χ2v) is 4.57. The lowest BCUT2D eigenvalue weighted by Crippen LogP contribution is -2.18. The smallest absolute Gasteiger partial charge is 0.182 e. The molecule has 0 saturated heterocycles. The van der Waals surface area contributed by atoms with Gasteiger partial charge in [-0.2, -0.15) is 0 Å². The average molecular weight is 253 g/mol. The Balaban J connectivity index is 1.98. The van der Waals surface area contributed by atoms with Gasteiger partial charge in [0.1, 0.15) is 11.8 Å². The van der Waals surface area contributed by atoms with Crippen LogP contribution in [0.5, 0.6) is 0 Å². The molecule has 0 radical (unpaired) electrons. The first kappa shape index (κ1) is 11.6. The molecule has 19 heavy (non-hydrogen) atoms. The van der Waals surface area contributed by atoms with Crippen LogP contribution in [0.1, 0.15) is 5.56 Å². The molecule has 3 aromatic rings. The zero-order valence-corrected chi connectivity index (χ0v) is 11.0. The zero-order valence-electron chi connectivity index (χ0n) is 11.0. The van der Waals surface area contributed by atoms with Crippen molar-refractivity contribution in [1.29, 1.82) is 0 Å². The van der Waals surface area contributed by atoms with E-state index < -0.39 is 0 Å². The number of imidazole rings is 1. The molecule has 0 N–H and O–H groups in total. The number of fused-ring (bicyclic) bond motifs is 1. The van der Waals surface area contributed by atoms with Gasteiger partial charge in [-0.15, -0.1) is 0 Å². The number of rotatable bonds is 3. The molecule has 2 heterocycles. The summed E-state index contributed by atoms with van der Waals surface area (Å²) in [4.78, 5) is 14.9. The molecule has 0 aliphatic heterocycles. The van der Waals surface area contributed by atoms with Gasteiger partial charge in [0.15, 0.2) is 11.5 Å². The largest absolute Gasteiger partial charge is 0.353 e. The van der Waals surface area contributed by atoms with Crippen LogP contribution in [-0.4, -0.2) is 26.6 Å². The highest BCUT2D eigenvalue weighted by Crippen LogP contribution is 2.21. The van der Waals surface area contributed by atoms with Crippen LogP contribution in [0.15, 0.2) is 43.0 Å². The first-order valence-corrected chi connectivity index (χ1v) is 6.13. The molecule has 0 unspecified atom stereocenters. The summed E-state index contributed by atoms with van der Waals surface area (Å²) in [6, 6.07) is 10.3. The summed E-state index contributed by atoms with van der Waals surface area (Å²) in [6.07, 6.45) is 3.32. The Morgan fingerprint density at radius 3 is 2.68 bits per heavy atom. The molecule has 0 aliphatic rings. The van der Waals surface area contributed by atoms with Crippen molar-refractivity contribution in [2.75, 3.05) is 11.9 Å². The molecule has 0 bridgehead atoms. The van der Waals surface area contributed by atoms with Crippen molar-refractivity contribution in [2.24, 2.45) is 7.05 Å². The first-order chi connectivity index (χ1) is 9.25. The first-order valence-electron chi connectivity index (χ1n) is 6.13. The maximum Gasteiger partial charge on any atom is 0.182 e. The fourth-order valence-electron chi connectivity index (χ4n) is 2.18. The molecular formula is C14H15N5. The molecular weight excluding hydrogens is 238 g/mol. The minimum absolute atomic E-state index is 0.729. The van der Waals surface area contributed by atoms with Crippen molar-refractivity contribution in [3.05, 3.63) is 48.5 Å². The number of hydrogen-bond acceptors (Lipinski definition) is 4. The molecule has 0 aliphatic carbocycles. The van der Waals surface area contributed by atoms with Crippen LogP contribution >= 0.6 is 0 Å². The third-order valence-electron chi connectivity index (χ3n) is 3.11. The van der Waals surface area contributed by atoms with E-state index in [9.17, 15) is 0 Å². The highest BCUT2D eigenvalue weighted by molar-refractivity contribution is 5.83. The number of hydrogen-bond donors (Lipinski definition) is 0. The van der Waals surface area contributed by atoms with Gasteiger partial charge in [0.2, 0.25) is 0 Å². The van der Waals surface area contributed by atoms with Crippen LogP contribution in [0.4, 0.5) is 5.82 Å². The van der Waals surface area contributed by atoms with Crippen LogP contribution in [0.2, 0.25) is 0 Å². The summed E-state index contributed by atoms with van der Waals surface area (Å²) in [5.41, 5.74) is 2.94. The van der Waals surface area contributed by atoms with Gasteiger partial charge >= 0.3 is 0 Å². The second-order valence-electron chi connectivity index (χ2n) is 4.57. The maximum atomic E-state index is 4.39. The highest BCUT2D eigenvalue weighted by Gasteiger charge is 2.12. The molecule has 2 aromatic heterocycles. The Bertz CT molecular complexity index is 689. The molecule has 5 heteroatoms. The van der Waals surface area contributed by atoms with Gasteiger partial charge in [0, 0.05) is 20.6 Å². The summed E-state index contributed by atoms with van der Waals surface area (Å²) >= 11 is 0. The summed E-state index contributed by atoms with van der Waals surface area (Å²) < 4.78 is 1.95. The Labute approximate surface area is 111 Å². The number of aromatic nitrogens is 4. The number of anilines is 1. The van der Waals surface area contributed by atoms with E-state index in [1.54, 1.807) is 12.7 Å². The van der Waals surface area contributed by atoms with Crippen LogP contribution in [-0.2, 0) is 13.6 Å². The molecule has 3 rings (SSSR count). The van der Waals surface area contributed by atoms with Gasteiger partial charge in [-0.05, 0) is 5.56 Å². The average Bonchev–Trinajstić information content (AvgIpc) is 2.82. The monoisotopic (exact) mass is 253 g/mol. The topological polar surface area (TPSA) is 46.8 Å². The summed E-state index contributed by atoms with van der Waals surface area (Å²) in [6.45, 7) is 0.804. The normalized spacial score (nSPS) is 10.8. The lowest BCUT2D eigenvalue weighted by Gasteiger charge is -2.19. The van der Waals surface area contributed by atoms with E-state index in [4.69, 9.17) is 0 Å². The van der Waals surface area contributed by atoms with E-state index in [2.05, 4.69) is 32.0 Å². The second kappa shape index (κ2) is 4.68. The van der Waals surface area contributed by atoms with Gasteiger partial charge < -0.3 is 9.47 Å².